The molecule has 1 aromatic carbocycles. The number of nitrogens with one attached hydrogen (secondary N) is 2. The van der Waals surface area contributed by atoms with Crippen molar-refractivity contribution in [3.05, 3.63) is 28.3 Å². The molecule has 0 bridgehead atoms. The summed E-state index contributed by atoms with van der Waals surface area (Å²) in [5, 5.41) is 16.5. The second-order valence-electron chi connectivity index (χ2n) is 4.33. The van der Waals surface area contributed by atoms with Crippen molar-refractivity contribution in [1.29, 1.82) is 0 Å². The first-order chi connectivity index (χ1) is 9.06. The number of hydrogen-bond acceptors (Lipinski definition) is 5. The lowest BCUT2D eigenvalue weighted by Crippen LogP contribution is -2.33. The van der Waals surface area contributed by atoms with Gasteiger partial charge < -0.3 is 15.4 Å². The Labute approximate surface area is 110 Å². The Morgan fingerprint density at radius 2 is 2.32 bits per heavy atom. The van der Waals surface area contributed by atoms with Crippen molar-refractivity contribution in [2.75, 3.05) is 23.8 Å². The Balaban J connectivity index is 2.11. The first kappa shape index (κ1) is 13.3. The van der Waals surface area contributed by atoms with Gasteiger partial charge in [-0.25, -0.2) is 0 Å². The molecule has 1 fully saturated rings. The third-order valence-electron chi connectivity index (χ3n) is 2.83. The molecule has 0 aliphatic carbocycles. The van der Waals surface area contributed by atoms with Crippen molar-refractivity contribution in [1.82, 2.24) is 0 Å². The van der Waals surface area contributed by atoms with Crippen LogP contribution in [0.4, 0.5) is 17.1 Å². The van der Waals surface area contributed by atoms with Crippen LogP contribution in [0.25, 0.3) is 0 Å². The zero-order valence-electron chi connectivity index (χ0n) is 10.5. The van der Waals surface area contributed by atoms with Crippen molar-refractivity contribution in [2.45, 2.75) is 19.4 Å². The second kappa shape index (κ2) is 5.66. The SMILES string of the molecule is CC(=O)Nc1ccc(NC[C@@H]2CCO2)c([N+](=O)[O-])c1. The average molecular weight is 265 g/mol. The molecule has 1 amide bonds. The maximum atomic E-state index is 11.0. The Morgan fingerprint density at radius 3 is 2.84 bits per heavy atom. The van der Waals surface area contributed by atoms with Crippen molar-refractivity contribution in [2.24, 2.45) is 0 Å². The van der Waals surface area contributed by atoms with Gasteiger partial charge in [0.15, 0.2) is 0 Å². The van der Waals surface area contributed by atoms with Crippen LogP contribution in [-0.2, 0) is 9.53 Å². The Hall–Kier alpha value is -2.15. The standard InChI is InChI=1S/C12H15N3O4/c1-8(16)14-9-2-3-11(12(6-9)15(17)18)13-7-10-4-5-19-10/h2-3,6,10,13H,4-5,7H2,1H3,(H,14,16)/t10-/m0/s1. The molecule has 1 heterocycles. The fourth-order valence-electron chi connectivity index (χ4n) is 1.78. The number of carbonyl (C=O) groups excluding carboxylic acids is 1. The van der Waals surface area contributed by atoms with Crippen LogP contribution in [0, 0.1) is 10.1 Å². The summed E-state index contributed by atoms with van der Waals surface area (Å²) in [5.41, 5.74) is 0.768. The van der Waals surface area contributed by atoms with Gasteiger partial charge in [0.05, 0.1) is 11.0 Å². The van der Waals surface area contributed by atoms with Crippen LogP contribution in [0.3, 0.4) is 0 Å². The maximum Gasteiger partial charge on any atom is 0.294 e. The molecule has 7 heteroatoms. The van der Waals surface area contributed by atoms with E-state index < -0.39 is 4.92 Å². The van der Waals surface area contributed by atoms with Gasteiger partial charge in [0, 0.05) is 31.8 Å². The molecule has 2 N–H and O–H groups in total. The predicted molar refractivity (Wildman–Crippen MR) is 70.2 cm³/mol. The van der Waals surface area contributed by atoms with Gasteiger partial charge in [-0.3, -0.25) is 14.9 Å². The first-order valence-corrected chi connectivity index (χ1v) is 5.98. The molecule has 102 valence electrons. The van der Waals surface area contributed by atoms with Gasteiger partial charge >= 0.3 is 0 Å². The number of rotatable bonds is 5. The predicted octanol–water partition coefficient (Wildman–Crippen LogP) is 1.75. The molecule has 2 rings (SSSR count). The summed E-state index contributed by atoms with van der Waals surface area (Å²) in [6, 6.07) is 4.55. The summed E-state index contributed by atoms with van der Waals surface area (Å²) < 4.78 is 5.24. The van der Waals surface area contributed by atoms with Crippen LogP contribution in [-0.4, -0.2) is 30.1 Å². The smallest absolute Gasteiger partial charge is 0.294 e. The van der Waals surface area contributed by atoms with Gasteiger partial charge in [-0.2, -0.15) is 0 Å². The van der Waals surface area contributed by atoms with Crippen LogP contribution >= 0.6 is 0 Å². The Morgan fingerprint density at radius 1 is 1.58 bits per heavy atom. The van der Waals surface area contributed by atoms with E-state index in [0.717, 1.165) is 13.0 Å². The molecule has 0 aromatic heterocycles. The zero-order chi connectivity index (χ0) is 13.8. The summed E-state index contributed by atoms with van der Waals surface area (Å²) in [5.74, 6) is -0.266. The van der Waals surface area contributed by atoms with E-state index in [9.17, 15) is 14.9 Å². The lowest BCUT2D eigenvalue weighted by molar-refractivity contribution is -0.383. The number of hydrogen-bond donors (Lipinski definition) is 2. The highest BCUT2D eigenvalue weighted by molar-refractivity contribution is 5.89. The zero-order valence-corrected chi connectivity index (χ0v) is 10.5. The third kappa shape index (κ3) is 3.41. The molecule has 1 aliphatic heterocycles. The molecule has 7 nitrogen and oxygen atoms in total. The fraction of sp³-hybridized carbons (Fsp3) is 0.417. The van der Waals surface area contributed by atoms with E-state index in [1.807, 2.05) is 0 Å². The lowest BCUT2D eigenvalue weighted by Gasteiger charge is -2.26. The lowest BCUT2D eigenvalue weighted by atomic mass is 10.2. The van der Waals surface area contributed by atoms with Gasteiger partial charge in [-0.05, 0) is 18.6 Å². The van der Waals surface area contributed by atoms with E-state index in [-0.39, 0.29) is 17.7 Å². The number of carbonyl (C=O) groups is 1. The van der Waals surface area contributed by atoms with E-state index in [4.69, 9.17) is 4.74 Å². The molecule has 1 aromatic rings. The van der Waals surface area contributed by atoms with Crippen molar-refractivity contribution >= 4 is 23.0 Å². The quantitative estimate of drug-likeness (QED) is 0.625. The number of nitrogens with zero attached hydrogens (tertiary/aromatic N) is 1. The van der Waals surface area contributed by atoms with Crippen LogP contribution in [0.15, 0.2) is 18.2 Å². The largest absolute Gasteiger partial charge is 0.377 e. The highest BCUT2D eigenvalue weighted by Gasteiger charge is 2.20. The molecule has 0 spiro atoms. The number of benzene rings is 1. The molecule has 1 atom stereocenters. The van der Waals surface area contributed by atoms with E-state index in [1.165, 1.54) is 13.0 Å². The minimum atomic E-state index is -0.477. The summed E-state index contributed by atoms with van der Waals surface area (Å²) in [7, 11) is 0. The van der Waals surface area contributed by atoms with Crippen molar-refractivity contribution in [3.8, 4) is 0 Å². The Bertz CT molecular complexity index is 500. The molecular formula is C12H15N3O4. The van der Waals surface area contributed by atoms with Crippen LogP contribution in [0.2, 0.25) is 0 Å². The fourth-order valence-corrected chi connectivity index (χ4v) is 1.78. The highest BCUT2D eigenvalue weighted by atomic mass is 16.6. The average Bonchev–Trinajstić information content (AvgIpc) is 2.27. The summed E-state index contributed by atoms with van der Waals surface area (Å²) in [6.07, 6.45) is 1.08. The van der Waals surface area contributed by atoms with Gasteiger partial charge in [0.1, 0.15) is 5.69 Å². The van der Waals surface area contributed by atoms with Crippen molar-refractivity contribution < 1.29 is 14.5 Å². The first-order valence-electron chi connectivity index (χ1n) is 5.98. The minimum absolute atomic E-state index is 0.0643. The summed E-state index contributed by atoms with van der Waals surface area (Å²) >= 11 is 0. The monoisotopic (exact) mass is 265 g/mol. The Kier molecular flexibility index (Phi) is 3.96. The van der Waals surface area contributed by atoms with E-state index in [0.29, 0.717) is 17.9 Å². The number of anilines is 2. The number of nitro benzene ring substituents is 1. The van der Waals surface area contributed by atoms with E-state index in [1.54, 1.807) is 12.1 Å². The normalized spacial score (nSPS) is 17.4. The van der Waals surface area contributed by atoms with E-state index >= 15 is 0 Å². The third-order valence-corrected chi connectivity index (χ3v) is 2.83. The topological polar surface area (TPSA) is 93.5 Å². The molecule has 0 saturated carbocycles. The molecule has 1 aliphatic rings. The maximum absolute atomic E-state index is 11.0. The van der Waals surface area contributed by atoms with Crippen molar-refractivity contribution in [3.63, 3.8) is 0 Å². The molecule has 0 unspecified atom stereocenters. The number of nitro groups is 1. The van der Waals surface area contributed by atoms with Gasteiger partial charge in [-0.1, -0.05) is 0 Å². The van der Waals surface area contributed by atoms with Crippen LogP contribution in [0.1, 0.15) is 13.3 Å². The molecular weight excluding hydrogens is 250 g/mol. The van der Waals surface area contributed by atoms with Crippen LogP contribution < -0.4 is 10.6 Å². The van der Waals surface area contributed by atoms with E-state index in [2.05, 4.69) is 10.6 Å². The van der Waals surface area contributed by atoms with Gasteiger partial charge in [-0.15, -0.1) is 0 Å². The minimum Gasteiger partial charge on any atom is -0.377 e. The number of ether oxygens (including phenoxy) is 1. The van der Waals surface area contributed by atoms with Gasteiger partial charge in [0.2, 0.25) is 5.91 Å². The number of amides is 1. The van der Waals surface area contributed by atoms with Gasteiger partial charge in [0.25, 0.3) is 5.69 Å². The molecule has 0 radical (unpaired) electrons. The van der Waals surface area contributed by atoms with Crippen LogP contribution in [0.5, 0.6) is 0 Å². The molecule has 19 heavy (non-hydrogen) atoms. The highest BCUT2D eigenvalue weighted by Crippen LogP contribution is 2.28. The summed E-state index contributed by atoms with van der Waals surface area (Å²) in [4.78, 5) is 21.5. The molecule has 1 saturated heterocycles. The summed E-state index contributed by atoms with van der Waals surface area (Å²) in [6.45, 7) is 2.64. The second-order valence-corrected chi connectivity index (χ2v) is 4.33.